The third kappa shape index (κ3) is 5.56. The van der Waals surface area contributed by atoms with Gasteiger partial charge in [-0.2, -0.15) is 0 Å². The molecule has 3 N–H and O–H groups in total. The number of benzene rings is 2. The predicted octanol–water partition coefficient (Wildman–Crippen LogP) is 4.25. The van der Waals surface area contributed by atoms with Crippen LogP contribution in [0.4, 0.5) is 0 Å². The number of guanidine groups is 1. The molecule has 2 aromatic carbocycles. The molecule has 1 aliphatic rings. The largest absolute Gasteiger partial charge is 0.497 e. The quantitative estimate of drug-likeness (QED) is 0.235. The molecule has 0 bridgehead atoms. The average Bonchev–Trinajstić information content (AvgIpc) is 3.25. The third-order valence-corrected chi connectivity index (χ3v) is 6.33. The Kier molecular flexibility index (Phi) is 8.81. The Morgan fingerprint density at radius 2 is 1.84 bits per heavy atom. The van der Waals surface area contributed by atoms with Crippen molar-refractivity contribution in [2.75, 3.05) is 40.5 Å². The topological polar surface area (TPSA) is 70.7 Å². The van der Waals surface area contributed by atoms with Crippen molar-refractivity contribution < 1.29 is 9.47 Å². The van der Waals surface area contributed by atoms with Crippen LogP contribution in [0.3, 0.4) is 0 Å². The van der Waals surface area contributed by atoms with Gasteiger partial charge in [-0.15, -0.1) is 24.0 Å². The number of aromatic nitrogens is 1. The van der Waals surface area contributed by atoms with E-state index >= 15 is 0 Å². The van der Waals surface area contributed by atoms with E-state index in [0.717, 1.165) is 57.3 Å². The number of H-pyrrole nitrogens is 1. The lowest BCUT2D eigenvalue weighted by Gasteiger charge is -2.38. The van der Waals surface area contributed by atoms with Crippen LogP contribution < -0.4 is 15.4 Å². The molecule has 0 aliphatic carbocycles. The lowest BCUT2D eigenvalue weighted by atomic mass is 9.74. The van der Waals surface area contributed by atoms with Gasteiger partial charge in [0.05, 0.1) is 7.11 Å². The maximum atomic E-state index is 5.66. The summed E-state index contributed by atoms with van der Waals surface area (Å²) in [4.78, 5) is 7.79. The fraction of sp³-hybridized carbons (Fsp3) is 0.400. The number of hydrogen-bond donors (Lipinski definition) is 3. The van der Waals surface area contributed by atoms with Crippen LogP contribution in [0.25, 0.3) is 10.9 Å². The summed E-state index contributed by atoms with van der Waals surface area (Å²) in [6, 6.07) is 16.9. The van der Waals surface area contributed by atoms with Crippen molar-refractivity contribution in [2.24, 2.45) is 4.99 Å². The highest BCUT2D eigenvalue weighted by molar-refractivity contribution is 14.0. The Morgan fingerprint density at radius 1 is 1.09 bits per heavy atom. The first-order valence-electron chi connectivity index (χ1n) is 11.0. The molecule has 0 amide bonds. The molecule has 32 heavy (non-hydrogen) atoms. The molecule has 1 aliphatic heterocycles. The molecular formula is C25H33IN4O2. The van der Waals surface area contributed by atoms with E-state index in [9.17, 15) is 0 Å². The zero-order chi connectivity index (χ0) is 21.5. The van der Waals surface area contributed by atoms with Crippen LogP contribution in [0.1, 0.15) is 24.0 Å². The van der Waals surface area contributed by atoms with Crippen molar-refractivity contribution in [1.82, 2.24) is 15.6 Å². The van der Waals surface area contributed by atoms with E-state index in [1.54, 1.807) is 7.11 Å². The molecule has 0 spiro atoms. The molecule has 4 rings (SSSR count). The molecular weight excluding hydrogens is 515 g/mol. The summed E-state index contributed by atoms with van der Waals surface area (Å²) in [6.45, 7) is 3.19. The standard InChI is InChI=1S/C25H32N4O2.HI/c1-26-24(27-14-11-19-17-28-23-6-4-3-5-22(19)23)29-18-25(12-15-31-16-13-25)20-7-9-21(30-2)10-8-20;/h3-10,17,28H,11-16,18H2,1-2H3,(H2,26,27,29);1H. The molecule has 172 valence electrons. The summed E-state index contributed by atoms with van der Waals surface area (Å²) >= 11 is 0. The Labute approximate surface area is 207 Å². The maximum absolute atomic E-state index is 5.66. The van der Waals surface area contributed by atoms with Gasteiger partial charge in [0.15, 0.2) is 5.96 Å². The minimum atomic E-state index is 0. The van der Waals surface area contributed by atoms with E-state index in [4.69, 9.17) is 9.47 Å². The van der Waals surface area contributed by atoms with Crippen LogP contribution in [-0.2, 0) is 16.6 Å². The predicted molar refractivity (Wildman–Crippen MR) is 142 cm³/mol. The van der Waals surface area contributed by atoms with Crippen molar-refractivity contribution in [1.29, 1.82) is 0 Å². The zero-order valence-corrected chi connectivity index (χ0v) is 21.1. The van der Waals surface area contributed by atoms with Crippen molar-refractivity contribution in [2.45, 2.75) is 24.7 Å². The highest BCUT2D eigenvalue weighted by Crippen LogP contribution is 2.35. The first kappa shape index (κ1) is 24.4. The van der Waals surface area contributed by atoms with Gasteiger partial charge in [0, 0.05) is 55.9 Å². The van der Waals surface area contributed by atoms with E-state index in [1.807, 2.05) is 19.2 Å². The molecule has 3 aromatic rings. The molecule has 0 atom stereocenters. The number of aliphatic imine (C=N–C) groups is 1. The minimum Gasteiger partial charge on any atom is -0.497 e. The van der Waals surface area contributed by atoms with Crippen molar-refractivity contribution >= 4 is 40.8 Å². The van der Waals surface area contributed by atoms with Gasteiger partial charge in [-0.05, 0) is 48.6 Å². The van der Waals surface area contributed by atoms with Crippen molar-refractivity contribution in [3.8, 4) is 5.75 Å². The second-order valence-electron chi connectivity index (χ2n) is 8.08. The third-order valence-electron chi connectivity index (χ3n) is 6.33. The first-order chi connectivity index (χ1) is 15.2. The molecule has 7 heteroatoms. The number of fused-ring (bicyclic) bond motifs is 1. The van der Waals surface area contributed by atoms with Gasteiger partial charge in [-0.25, -0.2) is 0 Å². The van der Waals surface area contributed by atoms with Gasteiger partial charge in [0.25, 0.3) is 0 Å². The van der Waals surface area contributed by atoms with Crippen molar-refractivity contribution in [3.05, 3.63) is 65.9 Å². The normalized spacial score (nSPS) is 15.8. The number of nitrogens with zero attached hydrogens (tertiary/aromatic N) is 1. The summed E-state index contributed by atoms with van der Waals surface area (Å²) < 4.78 is 11.0. The summed E-state index contributed by atoms with van der Waals surface area (Å²) in [5.41, 5.74) is 3.84. The van der Waals surface area contributed by atoms with Crippen LogP contribution in [0, 0.1) is 0 Å². The van der Waals surface area contributed by atoms with Gasteiger partial charge < -0.3 is 25.1 Å². The van der Waals surface area contributed by atoms with E-state index in [0.29, 0.717) is 0 Å². The highest BCUT2D eigenvalue weighted by Gasteiger charge is 2.34. The van der Waals surface area contributed by atoms with Gasteiger partial charge in [0.1, 0.15) is 5.75 Å². The highest BCUT2D eigenvalue weighted by atomic mass is 127. The summed E-state index contributed by atoms with van der Waals surface area (Å²) in [7, 11) is 3.53. The van der Waals surface area contributed by atoms with Crippen LogP contribution in [-0.4, -0.2) is 51.4 Å². The average molecular weight is 548 g/mol. The Morgan fingerprint density at radius 3 is 2.56 bits per heavy atom. The van der Waals surface area contributed by atoms with Gasteiger partial charge >= 0.3 is 0 Å². The van der Waals surface area contributed by atoms with Gasteiger partial charge in [-0.3, -0.25) is 4.99 Å². The number of halogens is 1. The molecule has 1 fully saturated rings. The molecule has 2 heterocycles. The van der Waals surface area contributed by atoms with Crippen molar-refractivity contribution in [3.63, 3.8) is 0 Å². The van der Waals surface area contributed by atoms with E-state index < -0.39 is 0 Å². The molecule has 0 saturated carbocycles. The van der Waals surface area contributed by atoms with Crippen LogP contribution >= 0.6 is 24.0 Å². The SMILES string of the molecule is CN=C(NCCc1c[nH]c2ccccc12)NCC1(c2ccc(OC)cc2)CCOCC1.I. The lowest BCUT2D eigenvalue weighted by molar-refractivity contribution is 0.0513. The Hall–Kier alpha value is -2.26. The van der Waals surface area contributed by atoms with Crippen LogP contribution in [0.5, 0.6) is 5.75 Å². The molecule has 0 unspecified atom stereocenters. The van der Waals surface area contributed by atoms with Gasteiger partial charge in [-0.1, -0.05) is 30.3 Å². The number of para-hydroxylation sites is 1. The first-order valence-corrected chi connectivity index (χ1v) is 11.0. The smallest absolute Gasteiger partial charge is 0.191 e. The van der Waals surface area contributed by atoms with Gasteiger partial charge in [0.2, 0.25) is 0 Å². The molecule has 1 saturated heterocycles. The summed E-state index contributed by atoms with van der Waals surface area (Å²) in [5.74, 6) is 1.72. The Bertz CT molecular complexity index is 1010. The number of ether oxygens (including phenoxy) is 2. The van der Waals surface area contributed by atoms with E-state index in [-0.39, 0.29) is 29.4 Å². The second-order valence-corrected chi connectivity index (χ2v) is 8.08. The summed E-state index contributed by atoms with van der Waals surface area (Å²) in [6.07, 6.45) is 5.00. The zero-order valence-electron chi connectivity index (χ0n) is 18.8. The molecule has 1 aromatic heterocycles. The number of hydrogen-bond acceptors (Lipinski definition) is 3. The number of nitrogens with one attached hydrogen (secondary N) is 3. The maximum Gasteiger partial charge on any atom is 0.191 e. The second kappa shape index (κ2) is 11.6. The van der Waals surface area contributed by atoms with Crippen LogP contribution in [0.15, 0.2) is 59.7 Å². The number of aromatic amines is 1. The fourth-order valence-electron chi connectivity index (χ4n) is 4.40. The summed E-state index contributed by atoms with van der Waals surface area (Å²) in [5, 5.41) is 8.33. The Balaban J connectivity index is 0.00000289. The number of rotatable bonds is 7. The fourth-order valence-corrected chi connectivity index (χ4v) is 4.40. The number of methoxy groups -OCH3 is 1. The van der Waals surface area contributed by atoms with E-state index in [1.165, 1.54) is 22.0 Å². The minimum absolute atomic E-state index is 0. The lowest BCUT2D eigenvalue weighted by Crippen LogP contribution is -2.48. The molecule has 6 nitrogen and oxygen atoms in total. The molecule has 0 radical (unpaired) electrons. The van der Waals surface area contributed by atoms with Crippen LogP contribution in [0.2, 0.25) is 0 Å². The monoisotopic (exact) mass is 548 g/mol. The van der Waals surface area contributed by atoms with E-state index in [2.05, 4.69) is 63.2 Å².